The van der Waals surface area contributed by atoms with Crippen molar-refractivity contribution in [3.63, 3.8) is 0 Å². The molecule has 2 aromatic heterocycles. The van der Waals surface area contributed by atoms with Gasteiger partial charge in [-0.2, -0.15) is 0 Å². The summed E-state index contributed by atoms with van der Waals surface area (Å²) in [6.07, 6.45) is 5.74. The van der Waals surface area contributed by atoms with Gasteiger partial charge in [0.2, 0.25) is 0 Å². The van der Waals surface area contributed by atoms with Gasteiger partial charge in [-0.3, -0.25) is 0 Å². The van der Waals surface area contributed by atoms with E-state index in [4.69, 9.17) is 32.7 Å². The summed E-state index contributed by atoms with van der Waals surface area (Å²) in [4.78, 5) is 15.9. The zero-order valence-corrected chi connectivity index (χ0v) is 14.4. The number of benzene rings is 1. The summed E-state index contributed by atoms with van der Waals surface area (Å²) in [5.74, 6) is 0.772. The topological polar surface area (TPSA) is 70.0 Å². The first-order valence-electron chi connectivity index (χ1n) is 6.21. The number of halogens is 3. The molecule has 0 N–H and O–H groups in total. The molecular formula is C14H7BrCl2N4O2. The first-order chi connectivity index (χ1) is 11.1. The van der Waals surface area contributed by atoms with Crippen molar-refractivity contribution in [1.29, 1.82) is 0 Å². The van der Waals surface area contributed by atoms with Crippen molar-refractivity contribution in [2.24, 2.45) is 0 Å². The molecule has 0 aliphatic heterocycles. The second-order valence-electron chi connectivity index (χ2n) is 4.14. The zero-order chi connectivity index (χ0) is 16.2. The maximum Gasteiger partial charge on any atom is 0.322 e. The van der Waals surface area contributed by atoms with Gasteiger partial charge in [-0.05, 0) is 28.1 Å². The van der Waals surface area contributed by atoms with Gasteiger partial charge < -0.3 is 9.47 Å². The monoisotopic (exact) mass is 412 g/mol. The average molecular weight is 414 g/mol. The van der Waals surface area contributed by atoms with Crippen LogP contribution < -0.4 is 9.47 Å². The Morgan fingerprint density at radius 2 is 1.30 bits per heavy atom. The van der Waals surface area contributed by atoms with Crippen LogP contribution in [0.1, 0.15) is 0 Å². The van der Waals surface area contributed by atoms with Gasteiger partial charge in [0.25, 0.3) is 0 Å². The van der Waals surface area contributed by atoms with Crippen LogP contribution in [0.2, 0.25) is 10.0 Å². The highest BCUT2D eigenvalue weighted by atomic mass is 79.9. The van der Waals surface area contributed by atoms with Crippen LogP contribution in [0.4, 0.5) is 0 Å². The Hall–Kier alpha value is -1.96. The minimum Gasteiger partial charge on any atom is -0.420 e. The Kier molecular flexibility index (Phi) is 4.90. The lowest BCUT2D eigenvalue weighted by molar-refractivity contribution is 0.382. The predicted molar refractivity (Wildman–Crippen MR) is 88.4 cm³/mol. The van der Waals surface area contributed by atoms with Crippen LogP contribution in [-0.2, 0) is 0 Å². The molecule has 0 spiro atoms. The van der Waals surface area contributed by atoms with E-state index < -0.39 is 0 Å². The number of aromatic nitrogens is 4. The first kappa shape index (κ1) is 15.9. The van der Waals surface area contributed by atoms with E-state index >= 15 is 0 Å². The van der Waals surface area contributed by atoms with E-state index in [2.05, 4.69) is 35.9 Å². The van der Waals surface area contributed by atoms with Crippen LogP contribution in [0.5, 0.6) is 23.5 Å². The van der Waals surface area contributed by atoms with Crippen molar-refractivity contribution in [3.8, 4) is 23.5 Å². The molecule has 0 atom stereocenters. The van der Waals surface area contributed by atoms with Crippen molar-refractivity contribution in [2.45, 2.75) is 0 Å². The van der Waals surface area contributed by atoms with E-state index in [1.807, 2.05) is 0 Å². The molecule has 0 amide bonds. The van der Waals surface area contributed by atoms with E-state index in [0.29, 0.717) is 26.0 Å². The summed E-state index contributed by atoms with van der Waals surface area (Å²) in [6.45, 7) is 0. The predicted octanol–water partition coefficient (Wildman–Crippen LogP) is 4.92. The van der Waals surface area contributed by atoms with E-state index in [1.54, 1.807) is 18.2 Å². The number of para-hydroxylation sites is 1. The van der Waals surface area contributed by atoms with Gasteiger partial charge in [-0.15, -0.1) is 0 Å². The molecule has 9 heteroatoms. The molecule has 0 bridgehead atoms. The van der Waals surface area contributed by atoms with Crippen molar-refractivity contribution < 1.29 is 9.47 Å². The van der Waals surface area contributed by atoms with Crippen molar-refractivity contribution in [3.05, 3.63) is 57.5 Å². The highest BCUT2D eigenvalue weighted by Crippen LogP contribution is 2.39. The fourth-order valence-corrected chi connectivity index (χ4v) is 2.19. The van der Waals surface area contributed by atoms with Crippen LogP contribution >= 0.6 is 39.1 Å². The molecule has 0 radical (unpaired) electrons. The molecule has 0 saturated carbocycles. The van der Waals surface area contributed by atoms with E-state index in [9.17, 15) is 0 Å². The standard InChI is InChI=1S/C14H7BrCl2N4O2/c15-10-2-1-3-11(22-13-18-4-8(16)5-19-13)12(10)23-14-20-6-9(17)7-21-14/h1-7H. The molecule has 3 rings (SSSR count). The third kappa shape index (κ3) is 4.07. The van der Waals surface area contributed by atoms with Gasteiger partial charge in [0, 0.05) is 0 Å². The Morgan fingerprint density at radius 3 is 1.87 bits per heavy atom. The molecule has 116 valence electrons. The normalized spacial score (nSPS) is 10.4. The summed E-state index contributed by atoms with van der Waals surface area (Å²) >= 11 is 14.9. The van der Waals surface area contributed by atoms with Crippen molar-refractivity contribution in [1.82, 2.24) is 19.9 Å². The third-order valence-electron chi connectivity index (χ3n) is 2.52. The molecule has 0 fully saturated rings. The molecule has 2 heterocycles. The van der Waals surface area contributed by atoms with E-state index in [0.717, 1.165) is 0 Å². The molecule has 0 aliphatic carbocycles. The number of nitrogens with zero attached hydrogens (tertiary/aromatic N) is 4. The maximum atomic E-state index is 5.76. The lowest BCUT2D eigenvalue weighted by atomic mass is 10.3. The molecule has 3 aromatic rings. The summed E-state index contributed by atoms with van der Waals surface area (Å²) in [5.41, 5.74) is 0. The average Bonchev–Trinajstić information content (AvgIpc) is 2.55. The molecule has 1 aromatic carbocycles. The summed E-state index contributed by atoms with van der Waals surface area (Å²) in [5, 5.41) is 0.827. The number of ether oxygens (including phenoxy) is 2. The number of hydrogen-bond donors (Lipinski definition) is 0. The molecule has 23 heavy (non-hydrogen) atoms. The summed E-state index contributed by atoms with van der Waals surface area (Å²) in [6, 6.07) is 5.54. The van der Waals surface area contributed by atoms with Crippen LogP contribution in [0, 0.1) is 0 Å². The number of hydrogen-bond acceptors (Lipinski definition) is 6. The van der Waals surface area contributed by atoms with Gasteiger partial charge >= 0.3 is 12.0 Å². The van der Waals surface area contributed by atoms with Crippen molar-refractivity contribution in [2.75, 3.05) is 0 Å². The molecule has 0 saturated heterocycles. The Labute approximate surface area is 149 Å². The van der Waals surface area contributed by atoms with Gasteiger partial charge in [0.1, 0.15) is 0 Å². The Bertz CT molecular complexity index is 816. The van der Waals surface area contributed by atoms with Gasteiger partial charge in [0.05, 0.1) is 39.3 Å². The number of rotatable bonds is 4. The SMILES string of the molecule is Clc1cnc(Oc2cccc(Br)c2Oc2ncc(Cl)cn2)nc1. The fourth-order valence-electron chi connectivity index (χ4n) is 1.56. The van der Waals surface area contributed by atoms with Gasteiger partial charge in [-0.25, -0.2) is 19.9 Å². The van der Waals surface area contributed by atoms with Gasteiger partial charge in [-0.1, -0.05) is 29.3 Å². The lowest BCUT2D eigenvalue weighted by Crippen LogP contribution is -1.96. The quantitative estimate of drug-likeness (QED) is 0.604. The lowest BCUT2D eigenvalue weighted by Gasteiger charge is -2.11. The van der Waals surface area contributed by atoms with Crippen LogP contribution in [-0.4, -0.2) is 19.9 Å². The van der Waals surface area contributed by atoms with Crippen LogP contribution in [0.15, 0.2) is 47.5 Å². The van der Waals surface area contributed by atoms with E-state index in [1.165, 1.54) is 24.8 Å². The smallest absolute Gasteiger partial charge is 0.322 e. The summed E-state index contributed by atoms with van der Waals surface area (Å²) < 4.78 is 11.9. The maximum absolute atomic E-state index is 5.76. The second kappa shape index (κ2) is 7.08. The minimum atomic E-state index is 0.128. The van der Waals surface area contributed by atoms with Crippen LogP contribution in [0.3, 0.4) is 0 Å². The zero-order valence-electron chi connectivity index (χ0n) is 11.3. The first-order valence-corrected chi connectivity index (χ1v) is 7.76. The molecule has 0 unspecified atom stereocenters. The van der Waals surface area contributed by atoms with Gasteiger partial charge in [0.15, 0.2) is 11.5 Å². The Balaban J connectivity index is 1.90. The fraction of sp³-hybridized carbons (Fsp3) is 0. The summed E-state index contributed by atoms with van der Waals surface area (Å²) in [7, 11) is 0. The Morgan fingerprint density at radius 1 is 0.783 bits per heavy atom. The molecule has 6 nitrogen and oxygen atoms in total. The second-order valence-corrected chi connectivity index (χ2v) is 5.87. The molecule has 0 aliphatic rings. The van der Waals surface area contributed by atoms with E-state index in [-0.39, 0.29) is 12.0 Å². The third-order valence-corrected chi connectivity index (χ3v) is 3.53. The molecular weight excluding hydrogens is 407 g/mol. The van der Waals surface area contributed by atoms with Crippen LogP contribution in [0.25, 0.3) is 0 Å². The highest BCUT2D eigenvalue weighted by Gasteiger charge is 2.14. The highest BCUT2D eigenvalue weighted by molar-refractivity contribution is 9.10. The largest absolute Gasteiger partial charge is 0.420 e. The minimum absolute atomic E-state index is 0.128. The van der Waals surface area contributed by atoms with Crippen molar-refractivity contribution >= 4 is 39.1 Å².